The summed E-state index contributed by atoms with van der Waals surface area (Å²) in [7, 11) is 1.57. The fourth-order valence-corrected chi connectivity index (χ4v) is 3.43. The summed E-state index contributed by atoms with van der Waals surface area (Å²) in [4.78, 5) is 16.0. The first-order valence-corrected chi connectivity index (χ1v) is 9.61. The number of carbonyl (C=O) groups is 1. The Labute approximate surface area is 164 Å². The molecule has 0 N–H and O–H groups in total. The Kier molecular flexibility index (Phi) is 8.12. The van der Waals surface area contributed by atoms with Gasteiger partial charge in [0.05, 0.1) is 24.8 Å². The van der Waals surface area contributed by atoms with Gasteiger partial charge in [-0.15, -0.1) is 0 Å². The molecule has 0 bridgehead atoms. The van der Waals surface area contributed by atoms with Crippen LogP contribution >= 0.6 is 0 Å². The van der Waals surface area contributed by atoms with E-state index in [-0.39, 0.29) is 18.2 Å². The third-order valence-electron chi connectivity index (χ3n) is 5.01. The molecule has 1 amide bonds. The average Bonchev–Trinajstić information content (AvgIpc) is 2.66. The van der Waals surface area contributed by atoms with Crippen LogP contribution < -0.4 is 0 Å². The number of carbonyl (C=O) groups excluding carboxylic acids is 1. The number of ether oxygens (including phenoxy) is 2. The summed E-state index contributed by atoms with van der Waals surface area (Å²) in [6, 6.07) is 5.05. The number of benzene rings is 1. The lowest BCUT2D eigenvalue weighted by atomic mass is 10.0. The summed E-state index contributed by atoms with van der Waals surface area (Å²) in [6.07, 6.45) is -2.86. The fourth-order valence-electron chi connectivity index (χ4n) is 3.43. The minimum Gasteiger partial charge on any atom is -0.449 e. The zero-order valence-corrected chi connectivity index (χ0v) is 16.7. The topological polar surface area (TPSA) is 42.0 Å². The number of unbranched alkanes of at least 4 members (excludes halogenated alkanes) is 1. The lowest BCUT2D eigenvalue weighted by molar-refractivity contribution is -0.137. The number of alkyl halides is 3. The maximum atomic E-state index is 12.8. The summed E-state index contributed by atoms with van der Waals surface area (Å²) in [5.41, 5.74) is 0.0979. The van der Waals surface area contributed by atoms with E-state index in [2.05, 4.69) is 4.90 Å². The molecule has 1 aromatic rings. The Morgan fingerprint density at radius 2 is 1.93 bits per heavy atom. The van der Waals surface area contributed by atoms with Gasteiger partial charge in [-0.05, 0) is 31.0 Å². The van der Waals surface area contributed by atoms with Gasteiger partial charge in [-0.2, -0.15) is 13.2 Å². The van der Waals surface area contributed by atoms with Gasteiger partial charge in [0, 0.05) is 32.8 Å². The predicted molar refractivity (Wildman–Crippen MR) is 100 cm³/mol. The molecule has 5 nitrogen and oxygen atoms in total. The molecule has 1 aliphatic rings. The third kappa shape index (κ3) is 5.85. The summed E-state index contributed by atoms with van der Waals surface area (Å²) in [5.74, 6) is 0. The Balaban J connectivity index is 2.05. The molecule has 1 fully saturated rings. The fraction of sp³-hybridized carbons (Fsp3) is 0.650. The molecule has 28 heavy (non-hydrogen) atoms. The van der Waals surface area contributed by atoms with Crippen LogP contribution in [0.3, 0.4) is 0 Å². The van der Waals surface area contributed by atoms with E-state index in [1.54, 1.807) is 12.0 Å². The van der Waals surface area contributed by atoms with Crippen LogP contribution in [0.4, 0.5) is 18.0 Å². The largest absolute Gasteiger partial charge is 0.449 e. The molecule has 158 valence electrons. The molecule has 0 radical (unpaired) electrons. The van der Waals surface area contributed by atoms with E-state index in [0.717, 1.165) is 30.5 Å². The van der Waals surface area contributed by atoms with Gasteiger partial charge in [0.25, 0.3) is 0 Å². The molecule has 2 rings (SSSR count). The number of hydrogen-bond donors (Lipinski definition) is 0. The zero-order valence-electron chi connectivity index (χ0n) is 16.7. The minimum absolute atomic E-state index is 0.0231. The second kappa shape index (κ2) is 10.1. The first kappa shape index (κ1) is 22.5. The summed E-state index contributed by atoms with van der Waals surface area (Å²) < 4.78 is 49.1. The highest BCUT2D eigenvalue weighted by Gasteiger charge is 2.34. The standard InChI is InChI=1S/C20H29F3N2O3/c1-4-5-12-28-19(26)24-10-11-25(15(2)13-24)18(14-27-3)16-6-8-17(9-7-16)20(21,22)23/h6-9,15,18H,4-5,10-14H2,1-3H3. The molecule has 0 aromatic heterocycles. The van der Waals surface area contributed by atoms with Gasteiger partial charge in [0.2, 0.25) is 0 Å². The zero-order chi connectivity index (χ0) is 20.7. The van der Waals surface area contributed by atoms with E-state index in [4.69, 9.17) is 9.47 Å². The maximum Gasteiger partial charge on any atom is 0.416 e. The van der Waals surface area contributed by atoms with E-state index in [1.807, 2.05) is 13.8 Å². The molecule has 1 aliphatic heterocycles. The highest BCUT2D eigenvalue weighted by Crippen LogP contribution is 2.32. The normalized spacial score (nSPS) is 19.5. The first-order chi connectivity index (χ1) is 13.3. The molecule has 0 spiro atoms. The number of rotatable bonds is 7. The Morgan fingerprint density at radius 1 is 1.25 bits per heavy atom. The van der Waals surface area contributed by atoms with Crippen molar-refractivity contribution in [1.29, 1.82) is 0 Å². The van der Waals surface area contributed by atoms with Crippen LogP contribution in [0.2, 0.25) is 0 Å². The summed E-state index contributed by atoms with van der Waals surface area (Å²) in [5, 5.41) is 0. The van der Waals surface area contributed by atoms with Gasteiger partial charge >= 0.3 is 12.3 Å². The van der Waals surface area contributed by atoms with Crippen molar-refractivity contribution in [2.45, 2.75) is 44.9 Å². The van der Waals surface area contributed by atoms with Crippen LogP contribution in [0.5, 0.6) is 0 Å². The Hall–Kier alpha value is -1.80. The van der Waals surface area contributed by atoms with Crippen molar-refractivity contribution in [2.24, 2.45) is 0 Å². The van der Waals surface area contributed by atoms with Gasteiger partial charge in [-0.3, -0.25) is 4.90 Å². The summed E-state index contributed by atoms with van der Waals surface area (Å²) >= 11 is 0. The number of piperazine rings is 1. The Bertz CT molecular complexity index is 622. The van der Waals surface area contributed by atoms with E-state index >= 15 is 0 Å². The number of nitrogens with zero attached hydrogens (tertiary/aromatic N) is 2. The summed E-state index contributed by atoms with van der Waals surface area (Å²) in [6.45, 7) is 6.42. The van der Waals surface area contributed by atoms with Crippen LogP contribution in [-0.2, 0) is 15.7 Å². The van der Waals surface area contributed by atoms with Gasteiger partial charge in [0.1, 0.15) is 0 Å². The van der Waals surface area contributed by atoms with Crippen molar-refractivity contribution in [3.8, 4) is 0 Å². The van der Waals surface area contributed by atoms with Crippen molar-refractivity contribution in [3.05, 3.63) is 35.4 Å². The quantitative estimate of drug-likeness (QED) is 0.637. The van der Waals surface area contributed by atoms with E-state index < -0.39 is 11.7 Å². The predicted octanol–water partition coefficient (Wildman–Crippen LogP) is 4.34. The Morgan fingerprint density at radius 3 is 2.46 bits per heavy atom. The molecule has 0 saturated carbocycles. The molecule has 0 aliphatic carbocycles. The maximum absolute atomic E-state index is 12.8. The van der Waals surface area contributed by atoms with Gasteiger partial charge < -0.3 is 14.4 Å². The van der Waals surface area contributed by atoms with Gasteiger partial charge in [0.15, 0.2) is 0 Å². The van der Waals surface area contributed by atoms with Gasteiger partial charge in [-0.25, -0.2) is 4.79 Å². The monoisotopic (exact) mass is 402 g/mol. The minimum atomic E-state index is -4.35. The average molecular weight is 402 g/mol. The van der Waals surface area contributed by atoms with E-state index in [1.165, 1.54) is 12.1 Å². The smallest absolute Gasteiger partial charge is 0.416 e. The molecular weight excluding hydrogens is 373 g/mol. The molecule has 1 aromatic carbocycles. The van der Waals surface area contributed by atoms with Crippen molar-refractivity contribution >= 4 is 6.09 Å². The molecule has 2 atom stereocenters. The van der Waals surface area contributed by atoms with Crippen molar-refractivity contribution in [3.63, 3.8) is 0 Å². The highest BCUT2D eigenvalue weighted by atomic mass is 19.4. The molecule has 2 unspecified atom stereocenters. The highest BCUT2D eigenvalue weighted by molar-refractivity contribution is 5.67. The number of amides is 1. The second-order valence-corrected chi connectivity index (χ2v) is 7.09. The lowest BCUT2D eigenvalue weighted by Crippen LogP contribution is -2.55. The van der Waals surface area contributed by atoms with Crippen molar-refractivity contribution in [2.75, 3.05) is 40.0 Å². The van der Waals surface area contributed by atoms with Crippen LogP contribution in [0, 0.1) is 0 Å². The molecule has 1 saturated heterocycles. The van der Waals surface area contributed by atoms with Crippen LogP contribution in [-0.4, -0.2) is 61.9 Å². The lowest BCUT2D eigenvalue weighted by Gasteiger charge is -2.43. The van der Waals surface area contributed by atoms with E-state index in [0.29, 0.717) is 32.8 Å². The van der Waals surface area contributed by atoms with Crippen LogP contribution in [0.25, 0.3) is 0 Å². The van der Waals surface area contributed by atoms with E-state index in [9.17, 15) is 18.0 Å². The first-order valence-electron chi connectivity index (χ1n) is 9.61. The number of methoxy groups -OCH3 is 1. The molecular formula is C20H29F3N2O3. The number of halogens is 3. The van der Waals surface area contributed by atoms with Gasteiger partial charge in [-0.1, -0.05) is 25.5 Å². The van der Waals surface area contributed by atoms with Crippen molar-refractivity contribution < 1.29 is 27.4 Å². The second-order valence-electron chi connectivity index (χ2n) is 7.09. The number of hydrogen-bond acceptors (Lipinski definition) is 4. The van der Waals surface area contributed by atoms with Crippen molar-refractivity contribution in [1.82, 2.24) is 9.80 Å². The SMILES string of the molecule is CCCCOC(=O)N1CCN(C(COC)c2ccc(C(F)(F)F)cc2)C(C)C1. The van der Waals surface area contributed by atoms with Crippen LogP contribution in [0.1, 0.15) is 43.9 Å². The van der Waals surface area contributed by atoms with Crippen LogP contribution in [0.15, 0.2) is 24.3 Å². The molecule has 1 heterocycles. The molecule has 8 heteroatoms. The third-order valence-corrected chi connectivity index (χ3v) is 5.01.